The van der Waals surface area contributed by atoms with Gasteiger partial charge in [0.15, 0.2) is 0 Å². The quantitative estimate of drug-likeness (QED) is 0.647. The Labute approximate surface area is 72.2 Å². The maximum Gasteiger partial charge on any atom is 0.120 e. The number of phenols is 1. The Morgan fingerprint density at radius 1 is 1.33 bits per heavy atom. The van der Waals surface area contributed by atoms with E-state index in [4.69, 9.17) is 5.73 Å². The van der Waals surface area contributed by atoms with Crippen LogP contribution < -0.4 is 11.1 Å². The number of para-hydroxylation sites is 1. The number of hydrogen-bond acceptors (Lipinski definition) is 2. The van der Waals surface area contributed by atoms with Gasteiger partial charge < -0.3 is 10.4 Å². The first kappa shape index (κ1) is 9.03. The smallest absolute Gasteiger partial charge is 0.120 e. The van der Waals surface area contributed by atoms with Gasteiger partial charge in [0.2, 0.25) is 0 Å². The van der Waals surface area contributed by atoms with Crippen molar-refractivity contribution in [2.24, 2.45) is 0 Å². The summed E-state index contributed by atoms with van der Waals surface area (Å²) in [6.07, 6.45) is 0. The van der Waals surface area contributed by atoms with Crippen LogP contribution in [-0.4, -0.2) is 18.2 Å². The summed E-state index contributed by atoms with van der Waals surface area (Å²) in [7, 11) is 0. The molecule has 0 amide bonds. The fraction of sp³-hybridized carbons (Fsp3) is 0.333. The SMILES string of the molecule is [NH]CCNCc1ccccc1O. The van der Waals surface area contributed by atoms with Crippen molar-refractivity contribution in [1.29, 1.82) is 0 Å². The van der Waals surface area contributed by atoms with E-state index in [-0.39, 0.29) is 0 Å². The van der Waals surface area contributed by atoms with Crippen LogP contribution >= 0.6 is 0 Å². The summed E-state index contributed by atoms with van der Waals surface area (Å²) in [6, 6.07) is 7.21. The van der Waals surface area contributed by atoms with Crippen LogP contribution in [-0.2, 0) is 6.54 Å². The molecule has 0 unspecified atom stereocenters. The minimum Gasteiger partial charge on any atom is -0.508 e. The molecule has 12 heavy (non-hydrogen) atoms. The maximum absolute atomic E-state index is 9.32. The molecule has 0 saturated heterocycles. The standard InChI is InChI=1S/C9H13N2O/c10-5-6-11-7-8-3-1-2-4-9(8)12/h1-4,10-12H,5-7H2. The fourth-order valence-electron chi connectivity index (χ4n) is 0.972. The van der Waals surface area contributed by atoms with Crippen molar-refractivity contribution in [2.75, 3.05) is 13.1 Å². The molecular weight excluding hydrogens is 152 g/mol. The Kier molecular flexibility index (Phi) is 3.57. The van der Waals surface area contributed by atoms with Gasteiger partial charge in [-0.3, -0.25) is 5.73 Å². The van der Waals surface area contributed by atoms with Crippen LogP contribution in [0.1, 0.15) is 5.56 Å². The molecule has 0 aliphatic rings. The molecule has 0 atom stereocenters. The first-order chi connectivity index (χ1) is 5.84. The topological polar surface area (TPSA) is 56.1 Å². The Bertz CT molecular complexity index is 238. The lowest BCUT2D eigenvalue weighted by Gasteiger charge is -2.04. The lowest BCUT2D eigenvalue weighted by atomic mass is 10.2. The van der Waals surface area contributed by atoms with Crippen molar-refractivity contribution in [2.45, 2.75) is 6.54 Å². The van der Waals surface area contributed by atoms with Gasteiger partial charge in [-0.25, -0.2) is 0 Å². The zero-order chi connectivity index (χ0) is 8.81. The molecule has 0 saturated carbocycles. The molecule has 65 valence electrons. The highest BCUT2D eigenvalue weighted by Crippen LogP contribution is 2.14. The number of benzene rings is 1. The van der Waals surface area contributed by atoms with Gasteiger partial charge in [0, 0.05) is 25.2 Å². The second kappa shape index (κ2) is 4.74. The van der Waals surface area contributed by atoms with Crippen molar-refractivity contribution in [3.8, 4) is 5.75 Å². The van der Waals surface area contributed by atoms with Gasteiger partial charge in [0.05, 0.1) is 0 Å². The van der Waals surface area contributed by atoms with Crippen LogP contribution in [0, 0.1) is 0 Å². The number of aromatic hydroxyl groups is 1. The van der Waals surface area contributed by atoms with Gasteiger partial charge >= 0.3 is 0 Å². The first-order valence-corrected chi connectivity index (χ1v) is 3.97. The summed E-state index contributed by atoms with van der Waals surface area (Å²) in [5, 5.41) is 12.4. The van der Waals surface area contributed by atoms with E-state index in [1.807, 2.05) is 12.1 Å². The third-order valence-electron chi connectivity index (χ3n) is 1.61. The average Bonchev–Trinajstić information content (AvgIpc) is 2.09. The second-order valence-corrected chi connectivity index (χ2v) is 2.56. The van der Waals surface area contributed by atoms with E-state index in [1.165, 1.54) is 0 Å². The summed E-state index contributed by atoms with van der Waals surface area (Å²) < 4.78 is 0. The van der Waals surface area contributed by atoms with E-state index in [2.05, 4.69) is 5.32 Å². The fourth-order valence-corrected chi connectivity index (χ4v) is 0.972. The monoisotopic (exact) mass is 165 g/mol. The van der Waals surface area contributed by atoms with Crippen molar-refractivity contribution in [3.63, 3.8) is 0 Å². The highest BCUT2D eigenvalue weighted by Gasteiger charge is 1.96. The molecule has 0 bridgehead atoms. The first-order valence-electron chi connectivity index (χ1n) is 3.97. The van der Waals surface area contributed by atoms with Gasteiger partial charge in [-0.05, 0) is 6.07 Å². The molecule has 0 aromatic heterocycles. The Morgan fingerprint density at radius 2 is 2.08 bits per heavy atom. The Balaban J connectivity index is 2.46. The van der Waals surface area contributed by atoms with Crippen molar-refractivity contribution < 1.29 is 5.11 Å². The molecule has 1 radical (unpaired) electrons. The molecule has 3 nitrogen and oxygen atoms in total. The van der Waals surface area contributed by atoms with Crippen LogP contribution in [0.25, 0.3) is 0 Å². The second-order valence-electron chi connectivity index (χ2n) is 2.56. The highest BCUT2D eigenvalue weighted by atomic mass is 16.3. The zero-order valence-electron chi connectivity index (χ0n) is 6.88. The van der Waals surface area contributed by atoms with Crippen LogP contribution in [0.15, 0.2) is 24.3 Å². The zero-order valence-corrected chi connectivity index (χ0v) is 6.88. The molecule has 0 heterocycles. The molecule has 0 aliphatic carbocycles. The van der Waals surface area contributed by atoms with Crippen LogP contribution in [0.4, 0.5) is 0 Å². The molecular formula is C9H13N2O. The number of rotatable bonds is 4. The normalized spacial score (nSPS) is 10.1. The van der Waals surface area contributed by atoms with Crippen molar-refractivity contribution in [1.82, 2.24) is 11.1 Å². The third kappa shape index (κ3) is 2.53. The number of phenolic OH excluding ortho intramolecular Hbond substituents is 1. The van der Waals surface area contributed by atoms with Gasteiger partial charge in [-0.15, -0.1) is 0 Å². The van der Waals surface area contributed by atoms with Gasteiger partial charge in [-0.2, -0.15) is 0 Å². The predicted octanol–water partition coefficient (Wildman–Crippen LogP) is 0.765. The molecule has 0 aliphatic heterocycles. The van der Waals surface area contributed by atoms with Gasteiger partial charge in [0.1, 0.15) is 5.75 Å². The number of hydrogen-bond donors (Lipinski definition) is 2. The van der Waals surface area contributed by atoms with Crippen LogP contribution in [0.2, 0.25) is 0 Å². The molecule has 0 fully saturated rings. The Morgan fingerprint density at radius 3 is 2.75 bits per heavy atom. The minimum atomic E-state index is 0.315. The lowest BCUT2D eigenvalue weighted by Crippen LogP contribution is -2.18. The Hall–Kier alpha value is -1.06. The van der Waals surface area contributed by atoms with E-state index < -0.39 is 0 Å². The summed E-state index contributed by atoms with van der Waals surface area (Å²) >= 11 is 0. The van der Waals surface area contributed by atoms with E-state index in [9.17, 15) is 5.11 Å². The molecule has 3 N–H and O–H groups in total. The largest absolute Gasteiger partial charge is 0.508 e. The van der Waals surface area contributed by atoms with Gasteiger partial charge in [-0.1, -0.05) is 18.2 Å². The maximum atomic E-state index is 9.32. The van der Waals surface area contributed by atoms with Crippen molar-refractivity contribution >= 4 is 0 Å². The summed E-state index contributed by atoms with van der Waals surface area (Å²) in [6.45, 7) is 1.66. The van der Waals surface area contributed by atoms with E-state index >= 15 is 0 Å². The predicted molar refractivity (Wildman–Crippen MR) is 47.8 cm³/mol. The minimum absolute atomic E-state index is 0.315. The average molecular weight is 165 g/mol. The molecule has 1 rings (SSSR count). The summed E-state index contributed by atoms with van der Waals surface area (Å²) in [5.74, 6) is 0.315. The van der Waals surface area contributed by atoms with E-state index in [1.54, 1.807) is 12.1 Å². The molecule has 1 aromatic carbocycles. The van der Waals surface area contributed by atoms with Gasteiger partial charge in [0.25, 0.3) is 0 Å². The summed E-state index contributed by atoms with van der Waals surface area (Å²) in [5.41, 5.74) is 7.78. The molecule has 0 spiro atoms. The number of nitrogens with one attached hydrogen (secondary N) is 2. The summed E-state index contributed by atoms with van der Waals surface area (Å²) in [4.78, 5) is 0. The van der Waals surface area contributed by atoms with E-state index in [0.717, 1.165) is 5.56 Å². The lowest BCUT2D eigenvalue weighted by molar-refractivity contribution is 0.464. The highest BCUT2D eigenvalue weighted by molar-refractivity contribution is 5.31. The van der Waals surface area contributed by atoms with Crippen LogP contribution in [0.3, 0.4) is 0 Å². The third-order valence-corrected chi connectivity index (χ3v) is 1.61. The molecule has 1 aromatic rings. The van der Waals surface area contributed by atoms with Crippen molar-refractivity contribution in [3.05, 3.63) is 29.8 Å². The molecule has 3 heteroatoms. The van der Waals surface area contributed by atoms with E-state index in [0.29, 0.717) is 25.4 Å². The van der Waals surface area contributed by atoms with Crippen LogP contribution in [0.5, 0.6) is 5.75 Å².